The van der Waals surface area contributed by atoms with Crippen LogP contribution in [0.15, 0.2) is 16.8 Å². The van der Waals surface area contributed by atoms with Crippen LogP contribution in [0.4, 0.5) is 0 Å². The molecule has 0 spiro atoms. The van der Waals surface area contributed by atoms with Gasteiger partial charge in [0.1, 0.15) is 0 Å². The fourth-order valence-corrected chi connectivity index (χ4v) is 1.96. The summed E-state index contributed by atoms with van der Waals surface area (Å²) in [6.45, 7) is 2.60. The predicted octanol–water partition coefficient (Wildman–Crippen LogP) is -0.0302. The van der Waals surface area contributed by atoms with Crippen LogP contribution in [0.5, 0.6) is 0 Å². The van der Waals surface area contributed by atoms with Crippen molar-refractivity contribution in [1.82, 2.24) is 25.1 Å². The lowest BCUT2D eigenvalue weighted by Crippen LogP contribution is -2.50. The highest BCUT2D eigenvalue weighted by Crippen LogP contribution is 2.22. The van der Waals surface area contributed by atoms with E-state index in [1.54, 1.807) is 17.9 Å². The van der Waals surface area contributed by atoms with E-state index in [9.17, 15) is 9.59 Å². The molecule has 0 radical (unpaired) electrons. The highest BCUT2D eigenvalue weighted by Gasteiger charge is 2.35. The summed E-state index contributed by atoms with van der Waals surface area (Å²) in [6, 6.07) is 1.51. The van der Waals surface area contributed by atoms with Crippen molar-refractivity contribution in [3.8, 4) is 0 Å². The molecule has 0 bridgehead atoms. The molecule has 2 aromatic rings. The number of carbonyl (C=O) groups is 2. The predicted molar refractivity (Wildman–Crippen MR) is 63.2 cm³/mol. The molecule has 2 aromatic heterocycles. The monoisotopic (exact) mass is 277 g/mol. The Labute approximate surface area is 112 Å². The first kappa shape index (κ1) is 12.3. The molecule has 1 amide bonds. The summed E-state index contributed by atoms with van der Waals surface area (Å²) in [6.07, 6.45) is 1.35. The van der Waals surface area contributed by atoms with Gasteiger partial charge in [-0.05, 0) is 6.92 Å². The molecule has 1 fully saturated rings. The molecule has 1 aliphatic rings. The van der Waals surface area contributed by atoms with Crippen molar-refractivity contribution in [3.05, 3.63) is 29.4 Å². The van der Waals surface area contributed by atoms with E-state index in [2.05, 4.69) is 15.5 Å². The summed E-state index contributed by atoms with van der Waals surface area (Å²) in [5.74, 6) is -1.16. The molecule has 9 nitrogen and oxygen atoms in total. The molecule has 0 atom stereocenters. The second-order valence-corrected chi connectivity index (χ2v) is 4.59. The second kappa shape index (κ2) is 4.44. The van der Waals surface area contributed by atoms with Crippen molar-refractivity contribution in [2.24, 2.45) is 0 Å². The van der Waals surface area contributed by atoms with Crippen LogP contribution < -0.4 is 0 Å². The molecule has 9 heteroatoms. The number of nitrogens with zero attached hydrogens (tertiary/aromatic N) is 5. The van der Waals surface area contributed by atoms with Crippen molar-refractivity contribution in [2.45, 2.75) is 13.0 Å². The maximum atomic E-state index is 12.0. The molecule has 20 heavy (non-hydrogen) atoms. The molecule has 1 saturated heterocycles. The molecule has 3 heterocycles. The quantitative estimate of drug-likeness (QED) is 0.837. The number of likely N-dealkylation sites (tertiary alicyclic amines) is 1. The topological polar surface area (TPSA) is 114 Å². The van der Waals surface area contributed by atoms with E-state index >= 15 is 0 Å². The highest BCUT2D eigenvalue weighted by molar-refractivity contribution is 5.92. The molecule has 104 valence electrons. The number of carboxylic acid groups (broad SMARTS) is 1. The zero-order valence-corrected chi connectivity index (χ0v) is 10.6. The van der Waals surface area contributed by atoms with Crippen molar-refractivity contribution in [2.75, 3.05) is 13.1 Å². The van der Waals surface area contributed by atoms with Gasteiger partial charge >= 0.3 is 5.97 Å². The molecular formula is C11H11N5O4. The minimum atomic E-state index is -1.12. The van der Waals surface area contributed by atoms with Gasteiger partial charge in [-0.1, -0.05) is 10.4 Å². The Morgan fingerprint density at radius 2 is 2.20 bits per heavy atom. The molecule has 0 saturated carbocycles. The van der Waals surface area contributed by atoms with Crippen LogP contribution in [0.25, 0.3) is 0 Å². The van der Waals surface area contributed by atoms with Gasteiger partial charge in [-0.2, -0.15) is 0 Å². The van der Waals surface area contributed by atoms with Crippen molar-refractivity contribution in [3.63, 3.8) is 0 Å². The smallest absolute Gasteiger partial charge is 0.358 e. The fraction of sp³-hybridized carbons (Fsp3) is 0.364. The number of aryl methyl sites for hydroxylation is 1. The Kier molecular flexibility index (Phi) is 2.74. The normalized spacial score (nSPS) is 15.2. The van der Waals surface area contributed by atoms with Crippen LogP contribution in [0.3, 0.4) is 0 Å². The van der Waals surface area contributed by atoms with E-state index in [-0.39, 0.29) is 23.4 Å². The van der Waals surface area contributed by atoms with Crippen LogP contribution >= 0.6 is 0 Å². The lowest BCUT2D eigenvalue weighted by Gasteiger charge is -2.38. The average molecular weight is 277 g/mol. The summed E-state index contributed by atoms with van der Waals surface area (Å²) in [7, 11) is 0. The Bertz CT molecular complexity index is 670. The molecule has 0 unspecified atom stereocenters. The highest BCUT2D eigenvalue weighted by atomic mass is 16.5. The third-order valence-electron chi connectivity index (χ3n) is 3.09. The number of aromatic carboxylic acids is 1. The van der Waals surface area contributed by atoms with Gasteiger partial charge in [0.15, 0.2) is 5.69 Å². The number of hydrogen-bond acceptors (Lipinski definition) is 6. The number of aromatic nitrogens is 4. The van der Waals surface area contributed by atoms with E-state index in [1.807, 2.05) is 0 Å². The minimum absolute atomic E-state index is 0.0661. The first-order chi connectivity index (χ1) is 9.54. The SMILES string of the molecule is Cc1cc(C(=O)N2CC(n3cc(C(=O)O)nn3)C2)on1. The number of rotatable bonds is 3. The summed E-state index contributed by atoms with van der Waals surface area (Å²) in [5, 5.41) is 19.7. The van der Waals surface area contributed by atoms with Crippen molar-refractivity contribution in [1.29, 1.82) is 0 Å². The zero-order chi connectivity index (χ0) is 14.3. The fourth-order valence-electron chi connectivity index (χ4n) is 1.96. The maximum absolute atomic E-state index is 12.0. The standard InChI is InChI=1S/C11H11N5O4/c1-6-2-9(20-13-6)10(17)15-3-7(4-15)16-5-8(11(18)19)12-14-16/h2,5,7H,3-4H2,1H3,(H,18,19). The van der Waals surface area contributed by atoms with Crippen molar-refractivity contribution >= 4 is 11.9 Å². The Morgan fingerprint density at radius 3 is 2.75 bits per heavy atom. The summed E-state index contributed by atoms with van der Waals surface area (Å²) >= 11 is 0. The van der Waals surface area contributed by atoms with Crippen LogP contribution in [-0.2, 0) is 0 Å². The van der Waals surface area contributed by atoms with Gasteiger partial charge in [0.2, 0.25) is 5.76 Å². The van der Waals surface area contributed by atoms with Crippen LogP contribution in [0.1, 0.15) is 32.8 Å². The lowest BCUT2D eigenvalue weighted by atomic mass is 10.1. The summed E-state index contributed by atoms with van der Waals surface area (Å²) in [4.78, 5) is 24.3. The van der Waals surface area contributed by atoms with Crippen LogP contribution in [0.2, 0.25) is 0 Å². The summed E-state index contributed by atoms with van der Waals surface area (Å²) < 4.78 is 6.36. The number of carbonyl (C=O) groups excluding carboxylic acids is 1. The Morgan fingerprint density at radius 1 is 1.45 bits per heavy atom. The van der Waals surface area contributed by atoms with Crippen LogP contribution in [0, 0.1) is 6.92 Å². The molecule has 0 aliphatic carbocycles. The van der Waals surface area contributed by atoms with E-state index in [0.717, 1.165) is 0 Å². The molecular weight excluding hydrogens is 266 g/mol. The van der Waals surface area contributed by atoms with Gasteiger partial charge in [-0.3, -0.25) is 4.79 Å². The van der Waals surface area contributed by atoms with Gasteiger partial charge in [-0.15, -0.1) is 5.10 Å². The third kappa shape index (κ3) is 2.02. The van der Waals surface area contributed by atoms with E-state index in [4.69, 9.17) is 9.63 Å². The van der Waals surface area contributed by atoms with Gasteiger partial charge in [-0.25, -0.2) is 9.48 Å². The number of carboxylic acids is 1. The number of hydrogen-bond donors (Lipinski definition) is 1. The summed E-state index contributed by atoms with van der Waals surface area (Å²) in [5.41, 5.74) is 0.536. The van der Waals surface area contributed by atoms with Crippen molar-refractivity contribution < 1.29 is 19.2 Å². The molecule has 1 aliphatic heterocycles. The third-order valence-corrected chi connectivity index (χ3v) is 3.09. The van der Waals surface area contributed by atoms with Gasteiger partial charge in [0, 0.05) is 19.2 Å². The van der Waals surface area contributed by atoms with Gasteiger partial charge < -0.3 is 14.5 Å². The largest absolute Gasteiger partial charge is 0.476 e. The van der Waals surface area contributed by atoms with E-state index < -0.39 is 5.97 Å². The molecule has 0 aromatic carbocycles. The van der Waals surface area contributed by atoms with Crippen LogP contribution in [-0.4, -0.2) is 55.1 Å². The van der Waals surface area contributed by atoms with E-state index in [0.29, 0.717) is 18.8 Å². The Balaban J connectivity index is 1.63. The first-order valence-corrected chi connectivity index (χ1v) is 5.92. The Hall–Kier alpha value is -2.71. The second-order valence-electron chi connectivity index (χ2n) is 4.59. The molecule has 1 N–H and O–H groups in total. The lowest BCUT2D eigenvalue weighted by molar-refractivity contribution is 0.0457. The minimum Gasteiger partial charge on any atom is -0.476 e. The molecule has 3 rings (SSSR count). The number of amides is 1. The first-order valence-electron chi connectivity index (χ1n) is 5.92. The van der Waals surface area contributed by atoms with E-state index in [1.165, 1.54) is 10.9 Å². The zero-order valence-electron chi connectivity index (χ0n) is 10.6. The maximum Gasteiger partial charge on any atom is 0.358 e. The van der Waals surface area contributed by atoms with Gasteiger partial charge in [0.25, 0.3) is 5.91 Å². The average Bonchev–Trinajstić information content (AvgIpc) is 2.96. The van der Waals surface area contributed by atoms with Gasteiger partial charge in [0.05, 0.1) is 17.9 Å².